The van der Waals surface area contributed by atoms with Crippen molar-refractivity contribution in [2.45, 2.75) is 13.8 Å². The van der Waals surface area contributed by atoms with Crippen molar-refractivity contribution >= 4 is 17.2 Å². The van der Waals surface area contributed by atoms with E-state index in [-0.39, 0.29) is 0 Å². The first-order valence-corrected chi connectivity index (χ1v) is 5.86. The van der Waals surface area contributed by atoms with Gasteiger partial charge < -0.3 is 10.5 Å². The average molecular weight is 234 g/mol. The number of aryl methyl sites for hydroxylation is 2. The van der Waals surface area contributed by atoms with E-state index >= 15 is 0 Å². The van der Waals surface area contributed by atoms with Crippen molar-refractivity contribution in [3.05, 3.63) is 28.6 Å². The van der Waals surface area contributed by atoms with E-state index in [9.17, 15) is 0 Å². The van der Waals surface area contributed by atoms with Crippen LogP contribution in [0.2, 0.25) is 0 Å². The summed E-state index contributed by atoms with van der Waals surface area (Å²) in [6.07, 6.45) is 0. The maximum absolute atomic E-state index is 5.63. The molecule has 1 aromatic carbocycles. The smallest absolute Gasteiger partial charge is 0.135 e. The molecule has 0 atom stereocenters. The molecule has 0 unspecified atom stereocenters. The molecule has 0 amide bonds. The maximum Gasteiger partial charge on any atom is 0.135 e. The molecule has 0 spiro atoms. The largest absolute Gasteiger partial charge is 0.496 e. The van der Waals surface area contributed by atoms with Gasteiger partial charge in [-0.2, -0.15) is 0 Å². The van der Waals surface area contributed by atoms with Gasteiger partial charge in [-0.25, -0.2) is 4.98 Å². The van der Waals surface area contributed by atoms with Crippen LogP contribution in [0.25, 0.3) is 10.6 Å². The molecule has 4 heteroatoms. The number of nitrogens with two attached hydrogens (primary N) is 1. The Morgan fingerprint density at radius 1 is 1.25 bits per heavy atom. The fourth-order valence-electron chi connectivity index (χ4n) is 1.65. The molecule has 1 heterocycles. The van der Waals surface area contributed by atoms with Gasteiger partial charge in [0.05, 0.1) is 7.11 Å². The first-order valence-electron chi connectivity index (χ1n) is 4.98. The van der Waals surface area contributed by atoms with Gasteiger partial charge in [-0.1, -0.05) is 0 Å². The summed E-state index contributed by atoms with van der Waals surface area (Å²) in [6.45, 7) is 4.08. The summed E-state index contributed by atoms with van der Waals surface area (Å²) >= 11 is 1.56. The highest BCUT2D eigenvalue weighted by molar-refractivity contribution is 7.13. The molecular formula is C12H14N2OS. The van der Waals surface area contributed by atoms with E-state index in [1.807, 2.05) is 18.4 Å². The van der Waals surface area contributed by atoms with Crippen molar-refractivity contribution in [3.8, 4) is 16.3 Å². The third-order valence-electron chi connectivity index (χ3n) is 2.49. The van der Waals surface area contributed by atoms with Crippen molar-refractivity contribution in [2.24, 2.45) is 0 Å². The monoisotopic (exact) mass is 234 g/mol. The van der Waals surface area contributed by atoms with Crippen LogP contribution in [0.4, 0.5) is 5.82 Å². The number of thiazole rings is 1. The Balaban J connectivity index is 2.54. The van der Waals surface area contributed by atoms with Crippen molar-refractivity contribution in [3.63, 3.8) is 0 Å². The van der Waals surface area contributed by atoms with Crippen molar-refractivity contribution in [1.82, 2.24) is 4.98 Å². The summed E-state index contributed by atoms with van der Waals surface area (Å²) in [5.41, 5.74) is 9.02. The summed E-state index contributed by atoms with van der Waals surface area (Å²) in [5, 5.41) is 2.81. The predicted molar refractivity (Wildman–Crippen MR) is 68.0 cm³/mol. The van der Waals surface area contributed by atoms with E-state index in [2.05, 4.69) is 18.0 Å². The Morgan fingerprint density at radius 3 is 2.56 bits per heavy atom. The second-order valence-electron chi connectivity index (χ2n) is 3.71. The average Bonchev–Trinajstić information content (AvgIpc) is 2.67. The normalized spacial score (nSPS) is 10.4. The molecule has 0 fully saturated rings. The number of methoxy groups -OCH3 is 1. The van der Waals surface area contributed by atoms with Crippen LogP contribution in [-0.4, -0.2) is 12.1 Å². The Morgan fingerprint density at radius 2 is 2.00 bits per heavy atom. The van der Waals surface area contributed by atoms with E-state index in [1.54, 1.807) is 18.4 Å². The zero-order chi connectivity index (χ0) is 11.7. The van der Waals surface area contributed by atoms with Crippen molar-refractivity contribution in [1.29, 1.82) is 0 Å². The van der Waals surface area contributed by atoms with Crippen LogP contribution >= 0.6 is 11.3 Å². The lowest BCUT2D eigenvalue weighted by molar-refractivity contribution is 0.411. The van der Waals surface area contributed by atoms with E-state index in [1.165, 1.54) is 0 Å². The molecule has 84 valence electrons. The van der Waals surface area contributed by atoms with Gasteiger partial charge in [0.15, 0.2) is 0 Å². The highest BCUT2D eigenvalue weighted by atomic mass is 32.1. The summed E-state index contributed by atoms with van der Waals surface area (Å²) in [6, 6.07) is 4.12. The van der Waals surface area contributed by atoms with Crippen LogP contribution in [-0.2, 0) is 0 Å². The number of aromatic nitrogens is 1. The Hall–Kier alpha value is -1.55. The number of ether oxygens (including phenoxy) is 1. The molecule has 0 aliphatic heterocycles. The lowest BCUT2D eigenvalue weighted by Crippen LogP contribution is -1.91. The summed E-state index contributed by atoms with van der Waals surface area (Å²) in [4.78, 5) is 4.29. The minimum absolute atomic E-state index is 0.577. The van der Waals surface area contributed by atoms with E-state index in [4.69, 9.17) is 10.5 Å². The molecule has 2 N–H and O–H groups in total. The van der Waals surface area contributed by atoms with Gasteiger partial charge in [0, 0.05) is 10.9 Å². The maximum atomic E-state index is 5.63. The molecule has 0 bridgehead atoms. The summed E-state index contributed by atoms with van der Waals surface area (Å²) in [5.74, 6) is 1.48. The molecule has 1 aromatic heterocycles. The number of hydrogen-bond acceptors (Lipinski definition) is 4. The van der Waals surface area contributed by atoms with Gasteiger partial charge in [0.1, 0.15) is 16.6 Å². The lowest BCUT2D eigenvalue weighted by Gasteiger charge is -2.09. The third kappa shape index (κ3) is 1.88. The quantitative estimate of drug-likeness (QED) is 0.869. The minimum atomic E-state index is 0.577. The van der Waals surface area contributed by atoms with Gasteiger partial charge >= 0.3 is 0 Å². The Labute approximate surface area is 98.9 Å². The molecule has 2 aromatic rings. The fraction of sp³-hybridized carbons (Fsp3) is 0.250. The zero-order valence-corrected chi connectivity index (χ0v) is 10.4. The number of benzene rings is 1. The Bertz CT molecular complexity index is 520. The fourth-order valence-corrected chi connectivity index (χ4v) is 2.44. The molecule has 0 saturated carbocycles. The number of nitrogen functional groups attached to an aromatic ring is 1. The lowest BCUT2D eigenvalue weighted by atomic mass is 10.1. The van der Waals surface area contributed by atoms with Crippen LogP contribution in [0.3, 0.4) is 0 Å². The first-order chi connectivity index (χ1) is 7.61. The zero-order valence-electron chi connectivity index (χ0n) is 9.57. The highest BCUT2D eigenvalue weighted by Crippen LogP contribution is 2.32. The number of hydrogen-bond donors (Lipinski definition) is 1. The van der Waals surface area contributed by atoms with E-state index in [0.717, 1.165) is 27.4 Å². The van der Waals surface area contributed by atoms with Gasteiger partial charge in [-0.05, 0) is 37.1 Å². The molecule has 3 nitrogen and oxygen atoms in total. The minimum Gasteiger partial charge on any atom is -0.496 e. The van der Waals surface area contributed by atoms with Crippen LogP contribution in [0, 0.1) is 13.8 Å². The number of nitrogens with zero attached hydrogens (tertiary/aromatic N) is 1. The molecule has 2 rings (SSSR count). The predicted octanol–water partition coefficient (Wildman–Crippen LogP) is 3.02. The number of anilines is 1. The topological polar surface area (TPSA) is 48.1 Å². The van der Waals surface area contributed by atoms with E-state index in [0.29, 0.717) is 5.82 Å². The number of rotatable bonds is 2. The van der Waals surface area contributed by atoms with Crippen LogP contribution in [0.1, 0.15) is 11.1 Å². The molecule has 0 aliphatic carbocycles. The molecular weight excluding hydrogens is 220 g/mol. The third-order valence-corrected chi connectivity index (χ3v) is 3.39. The standard InChI is InChI=1S/C12H14N2OS/c1-7-5-10(15-3)8(2)4-9(7)12-14-11(13)6-16-12/h4-6H,13H2,1-3H3. The second-order valence-corrected chi connectivity index (χ2v) is 4.57. The van der Waals surface area contributed by atoms with Crippen LogP contribution in [0.15, 0.2) is 17.5 Å². The van der Waals surface area contributed by atoms with Gasteiger partial charge in [0.2, 0.25) is 0 Å². The van der Waals surface area contributed by atoms with E-state index < -0.39 is 0 Å². The SMILES string of the molecule is COc1cc(C)c(-c2nc(N)cs2)cc1C. The molecule has 0 aliphatic rings. The molecule has 0 saturated heterocycles. The highest BCUT2D eigenvalue weighted by Gasteiger charge is 2.09. The molecule has 0 radical (unpaired) electrons. The Kier molecular flexibility index (Phi) is 2.83. The van der Waals surface area contributed by atoms with Gasteiger partial charge in [0.25, 0.3) is 0 Å². The molecule has 16 heavy (non-hydrogen) atoms. The van der Waals surface area contributed by atoms with Crippen LogP contribution in [0.5, 0.6) is 5.75 Å². The second kappa shape index (κ2) is 4.14. The summed E-state index contributed by atoms with van der Waals surface area (Å²) < 4.78 is 5.28. The first kappa shape index (κ1) is 11.0. The summed E-state index contributed by atoms with van der Waals surface area (Å²) in [7, 11) is 1.68. The van der Waals surface area contributed by atoms with Crippen molar-refractivity contribution in [2.75, 3.05) is 12.8 Å². The van der Waals surface area contributed by atoms with Crippen LogP contribution < -0.4 is 10.5 Å². The van der Waals surface area contributed by atoms with Gasteiger partial charge in [-0.3, -0.25) is 0 Å². The van der Waals surface area contributed by atoms with Gasteiger partial charge in [-0.15, -0.1) is 11.3 Å². The van der Waals surface area contributed by atoms with Crippen molar-refractivity contribution < 1.29 is 4.74 Å².